The molecule has 3 aromatic rings. The predicted octanol–water partition coefficient (Wildman–Crippen LogP) is 2.48. The van der Waals surface area contributed by atoms with Gasteiger partial charge in [0.05, 0.1) is 10.6 Å². The third kappa shape index (κ3) is 2.39. The van der Waals surface area contributed by atoms with E-state index in [0.29, 0.717) is 16.1 Å². The minimum atomic E-state index is -3.25. The third-order valence-electron chi connectivity index (χ3n) is 2.84. The van der Waals surface area contributed by atoms with E-state index in [4.69, 9.17) is 11.6 Å². The molecule has 0 saturated heterocycles. The quantitative estimate of drug-likeness (QED) is 0.729. The second-order valence-electron chi connectivity index (χ2n) is 4.39. The lowest BCUT2D eigenvalue weighted by molar-refractivity contribution is 0.602. The molecule has 3 rings (SSSR count). The zero-order valence-electron chi connectivity index (χ0n) is 10.5. The molecule has 20 heavy (non-hydrogen) atoms. The van der Waals surface area contributed by atoms with E-state index in [9.17, 15) is 8.42 Å². The van der Waals surface area contributed by atoms with Crippen LogP contribution >= 0.6 is 11.6 Å². The first-order valence-corrected chi connectivity index (χ1v) is 8.03. The highest BCUT2D eigenvalue weighted by Gasteiger charge is 2.11. The van der Waals surface area contributed by atoms with Crippen LogP contribution in [0.4, 0.5) is 0 Å². The molecule has 0 spiro atoms. The van der Waals surface area contributed by atoms with E-state index < -0.39 is 9.84 Å². The van der Waals surface area contributed by atoms with Gasteiger partial charge in [0.15, 0.2) is 9.84 Å². The van der Waals surface area contributed by atoms with Gasteiger partial charge >= 0.3 is 0 Å². The lowest BCUT2D eigenvalue weighted by atomic mass is 10.3. The Kier molecular flexibility index (Phi) is 2.99. The Morgan fingerprint density at radius 1 is 1.00 bits per heavy atom. The molecule has 102 valence electrons. The van der Waals surface area contributed by atoms with E-state index in [0.717, 1.165) is 11.9 Å². The van der Waals surface area contributed by atoms with Crippen molar-refractivity contribution in [2.24, 2.45) is 0 Å². The Morgan fingerprint density at radius 3 is 2.30 bits per heavy atom. The van der Waals surface area contributed by atoms with Gasteiger partial charge in [0.2, 0.25) is 0 Å². The van der Waals surface area contributed by atoms with Crippen molar-refractivity contribution in [2.45, 2.75) is 4.90 Å². The van der Waals surface area contributed by atoms with Gasteiger partial charge in [-0.05, 0) is 42.5 Å². The molecule has 1 heterocycles. The summed E-state index contributed by atoms with van der Waals surface area (Å²) < 4.78 is 23.0. The van der Waals surface area contributed by atoms with E-state index in [-0.39, 0.29) is 4.90 Å². The highest BCUT2D eigenvalue weighted by atomic mass is 35.5. The Bertz CT molecular complexity index is 886. The minimum Gasteiger partial charge on any atom is -0.224 e. The summed E-state index contributed by atoms with van der Waals surface area (Å²) in [6.07, 6.45) is 1.16. The molecule has 0 unspecified atom stereocenters. The van der Waals surface area contributed by atoms with Crippen molar-refractivity contribution in [3.63, 3.8) is 0 Å². The van der Waals surface area contributed by atoms with Crippen molar-refractivity contribution in [3.8, 4) is 5.69 Å². The Morgan fingerprint density at radius 2 is 1.65 bits per heavy atom. The van der Waals surface area contributed by atoms with Crippen molar-refractivity contribution in [1.29, 1.82) is 0 Å². The summed E-state index contributed by atoms with van der Waals surface area (Å²) in [7, 11) is -3.25. The first kappa shape index (κ1) is 13.1. The summed E-state index contributed by atoms with van der Waals surface area (Å²) in [6.45, 7) is 0. The molecule has 2 aromatic carbocycles. The van der Waals surface area contributed by atoms with Crippen LogP contribution in [0.1, 0.15) is 0 Å². The topological polar surface area (TPSA) is 64.8 Å². The number of nitrogens with zero attached hydrogens (tertiary/aromatic N) is 3. The zero-order valence-corrected chi connectivity index (χ0v) is 12.1. The van der Waals surface area contributed by atoms with Crippen LogP contribution in [0.25, 0.3) is 16.7 Å². The fourth-order valence-corrected chi connectivity index (χ4v) is 2.58. The molecule has 0 radical (unpaired) electrons. The van der Waals surface area contributed by atoms with E-state index in [1.54, 1.807) is 30.3 Å². The van der Waals surface area contributed by atoms with Gasteiger partial charge in [0.1, 0.15) is 11.0 Å². The number of aromatic nitrogens is 3. The highest BCUT2D eigenvalue weighted by Crippen LogP contribution is 2.18. The monoisotopic (exact) mass is 307 g/mol. The average Bonchev–Trinajstić information content (AvgIpc) is 2.81. The van der Waals surface area contributed by atoms with Crippen LogP contribution in [0, 0.1) is 0 Å². The van der Waals surface area contributed by atoms with Gasteiger partial charge in [0, 0.05) is 11.3 Å². The molecular weight excluding hydrogens is 298 g/mol. The van der Waals surface area contributed by atoms with Crippen molar-refractivity contribution in [2.75, 3.05) is 6.26 Å². The fraction of sp³-hybridized carbons (Fsp3) is 0.0769. The summed E-state index contributed by atoms with van der Waals surface area (Å²) in [6, 6.07) is 11.8. The summed E-state index contributed by atoms with van der Waals surface area (Å²) in [5.74, 6) is 0. The largest absolute Gasteiger partial charge is 0.224 e. The van der Waals surface area contributed by atoms with Crippen LogP contribution in [0.5, 0.6) is 0 Å². The van der Waals surface area contributed by atoms with Crippen molar-refractivity contribution in [1.82, 2.24) is 15.0 Å². The zero-order chi connectivity index (χ0) is 14.3. The SMILES string of the molecule is CS(=O)(=O)c1ccc2nn(-c3ccc(Cl)cc3)nc2c1. The smallest absolute Gasteiger partial charge is 0.175 e. The van der Waals surface area contributed by atoms with Gasteiger partial charge in [-0.3, -0.25) is 0 Å². The second-order valence-corrected chi connectivity index (χ2v) is 6.84. The van der Waals surface area contributed by atoms with Gasteiger partial charge in [-0.2, -0.15) is 4.80 Å². The van der Waals surface area contributed by atoms with E-state index in [2.05, 4.69) is 10.2 Å². The van der Waals surface area contributed by atoms with Crippen LogP contribution in [-0.4, -0.2) is 29.7 Å². The highest BCUT2D eigenvalue weighted by molar-refractivity contribution is 7.90. The summed E-state index contributed by atoms with van der Waals surface area (Å²) in [5, 5.41) is 9.22. The number of sulfone groups is 1. The normalized spacial score (nSPS) is 11.9. The van der Waals surface area contributed by atoms with Crippen LogP contribution in [0.3, 0.4) is 0 Å². The fourth-order valence-electron chi connectivity index (χ4n) is 1.81. The number of hydrogen-bond donors (Lipinski definition) is 0. The molecule has 0 aliphatic heterocycles. The van der Waals surface area contributed by atoms with Gasteiger partial charge in [0.25, 0.3) is 0 Å². The summed E-state index contributed by atoms with van der Waals surface area (Å²) >= 11 is 5.83. The lowest BCUT2D eigenvalue weighted by Gasteiger charge is -1.97. The molecule has 0 bridgehead atoms. The molecule has 0 aliphatic carbocycles. The molecule has 0 N–H and O–H groups in total. The van der Waals surface area contributed by atoms with E-state index in [1.165, 1.54) is 16.9 Å². The molecule has 0 aliphatic rings. The van der Waals surface area contributed by atoms with Crippen LogP contribution in [0.15, 0.2) is 47.4 Å². The molecule has 7 heteroatoms. The Hall–Kier alpha value is -1.92. The number of hydrogen-bond acceptors (Lipinski definition) is 4. The van der Waals surface area contributed by atoms with Crippen LogP contribution in [-0.2, 0) is 9.84 Å². The second kappa shape index (κ2) is 4.57. The molecule has 0 fully saturated rings. The summed E-state index contributed by atoms with van der Waals surface area (Å²) in [4.78, 5) is 1.68. The molecule has 0 atom stereocenters. The van der Waals surface area contributed by atoms with Gasteiger partial charge < -0.3 is 0 Å². The van der Waals surface area contributed by atoms with Gasteiger partial charge in [-0.15, -0.1) is 10.2 Å². The first-order chi connectivity index (χ1) is 9.43. The van der Waals surface area contributed by atoms with Crippen molar-refractivity contribution >= 4 is 32.5 Å². The molecule has 0 saturated carbocycles. The standard InChI is InChI=1S/C13H10ClN3O2S/c1-20(18,19)11-6-7-12-13(8-11)16-17(15-12)10-4-2-9(14)3-5-10/h2-8H,1H3. The summed E-state index contributed by atoms with van der Waals surface area (Å²) in [5.41, 5.74) is 1.92. The Balaban J connectivity index is 2.13. The van der Waals surface area contributed by atoms with Crippen LogP contribution in [0.2, 0.25) is 5.02 Å². The third-order valence-corrected chi connectivity index (χ3v) is 4.20. The predicted molar refractivity (Wildman–Crippen MR) is 77.0 cm³/mol. The van der Waals surface area contributed by atoms with Crippen molar-refractivity contribution in [3.05, 3.63) is 47.5 Å². The number of rotatable bonds is 2. The number of halogens is 1. The van der Waals surface area contributed by atoms with Gasteiger partial charge in [-0.1, -0.05) is 11.6 Å². The Labute approximate surface area is 120 Å². The molecule has 5 nitrogen and oxygen atoms in total. The van der Waals surface area contributed by atoms with Crippen LogP contribution < -0.4 is 0 Å². The maximum Gasteiger partial charge on any atom is 0.175 e. The van der Waals surface area contributed by atoms with Crippen molar-refractivity contribution < 1.29 is 8.42 Å². The maximum atomic E-state index is 11.5. The number of benzene rings is 2. The van der Waals surface area contributed by atoms with E-state index >= 15 is 0 Å². The minimum absolute atomic E-state index is 0.230. The molecule has 1 aromatic heterocycles. The van der Waals surface area contributed by atoms with E-state index in [1.807, 2.05) is 0 Å². The average molecular weight is 308 g/mol. The number of fused-ring (bicyclic) bond motifs is 1. The first-order valence-electron chi connectivity index (χ1n) is 5.76. The van der Waals surface area contributed by atoms with Gasteiger partial charge in [-0.25, -0.2) is 8.42 Å². The molecule has 0 amide bonds. The lowest BCUT2D eigenvalue weighted by Crippen LogP contribution is -1.97. The molecular formula is C13H10ClN3O2S. The maximum absolute atomic E-state index is 11.5.